The minimum absolute atomic E-state index is 0.137. The van der Waals surface area contributed by atoms with Gasteiger partial charge in [-0.1, -0.05) is 0 Å². The molecule has 0 bridgehead atoms. The van der Waals surface area contributed by atoms with E-state index in [1.54, 1.807) is 30.6 Å². The normalized spacial score (nSPS) is 16.8. The molecule has 0 amide bonds. The number of nitriles is 2. The molecule has 3 N–H and O–H groups in total. The number of aromatic hydroxyl groups is 1. The number of hydrogen-bond acceptors (Lipinski definition) is 10. The summed E-state index contributed by atoms with van der Waals surface area (Å²) in [6, 6.07) is 8.11. The molecule has 37 heavy (non-hydrogen) atoms. The Balaban J connectivity index is 1.44. The van der Waals surface area contributed by atoms with Crippen molar-refractivity contribution in [2.75, 3.05) is 36.0 Å². The molecule has 1 saturated carbocycles. The van der Waals surface area contributed by atoms with Gasteiger partial charge in [0.2, 0.25) is 5.88 Å². The molecule has 4 aromatic rings. The molecule has 1 aliphatic heterocycles. The quantitative estimate of drug-likeness (QED) is 0.337. The number of nitrogens with one attached hydrogen (secondary N) is 2. The van der Waals surface area contributed by atoms with E-state index in [0.29, 0.717) is 65.3 Å². The van der Waals surface area contributed by atoms with Crippen LogP contribution in [0.15, 0.2) is 34.3 Å². The molecule has 5 heterocycles. The number of imidazole rings is 1. The number of piperazine rings is 1. The van der Waals surface area contributed by atoms with Crippen LogP contribution in [0, 0.1) is 22.7 Å². The molecule has 0 aromatic carbocycles. The van der Waals surface area contributed by atoms with Crippen molar-refractivity contribution in [3.63, 3.8) is 0 Å². The molecule has 0 spiro atoms. The summed E-state index contributed by atoms with van der Waals surface area (Å²) in [5, 5.41) is 34.6. The molecular formula is C24H21N11O2. The molecule has 184 valence electrons. The highest BCUT2D eigenvalue weighted by Gasteiger charge is 2.27. The van der Waals surface area contributed by atoms with Crippen molar-refractivity contribution in [3.8, 4) is 18.0 Å². The number of aromatic nitrogens is 6. The summed E-state index contributed by atoms with van der Waals surface area (Å²) in [5.41, 5.74) is 1.42. The summed E-state index contributed by atoms with van der Waals surface area (Å²) < 4.78 is 1.54. The maximum Gasteiger partial charge on any atom is 0.326 e. The number of hydrogen-bond donors (Lipinski definition) is 3. The Bertz CT molecular complexity index is 1770. The Labute approximate surface area is 209 Å². The summed E-state index contributed by atoms with van der Waals surface area (Å²) in [6.45, 7) is 2.30. The molecule has 2 aliphatic rings. The average molecular weight is 496 g/mol. The van der Waals surface area contributed by atoms with E-state index >= 15 is 0 Å². The molecule has 1 saturated heterocycles. The van der Waals surface area contributed by atoms with Crippen molar-refractivity contribution in [1.29, 1.82) is 10.5 Å². The van der Waals surface area contributed by atoms with Crippen molar-refractivity contribution in [2.45, 2.75) is 18.9 Å². The average Bonchev–Trinajstić information content (AvgIpc) is 3.56. The summed E-state index contributed by atoms with van der Waals surface area (Å²) >= 11 is 0. The summed E-state index contributed by atoms with van der Waals surface area (Å²) in [5.74, 6) is 0.854. The fourth-order valence-corrected chi connectivity index (χ4v) is 4.42. The minimum Gasteiger partial charge on any atom is -0.493 e. The number of H-pyrrole nitrogens is 2. The molecule has 2 fully saturated rings. The van der Waals surface area contributed by atoms with E-state index in [1.165, 1.54) is 4.52 Å². The third-order valence-corrected chi connectivity index (χ3v) is 6.42. The van der Waals surface area contributed by atoms with Gasteiger partial charge in [-0.15, -0.1) is 0 Å². The van der Waals surface area contributed by atoms with E-state index in [9.17, 15) is 20.4 Å². The molecule has 0 unspecified atom stereocenters. The third-order valence-electron chi connectivity index (χ3n) is 6.42. The SMILES string of the molecule is N#Cc1cccnc1N1CCN(c2nc3/c(=C\c4[nH]c(=O)[nH]c4O)cnn3c(=NC3CC3)c2C#N)CC1. The van der Waals surface area contributed by atoms with Gasteiger partial charge in [0, 0.05) is 37.6 Å². The van der Waals surface area contributed by atoms with Crippen LogP contribution in [0.2, 0.25) is 0 Å². The van der Waals surface area contributed by atoms with Crippen molar-refractivity contribution in [2.24, 2.45) is 4.99 Å². The smallest absolute Gasteiger partial charge is 0.326 e. The maximum atomic E-state index is 11.6. The number of aromatic amines is 2. The molecule has 0 atom stereocenters. The van der Waals surface area contributed by atoms with Crippen LogP contribution in [0.5, 0.6) is 5.88 Å². The molecule has 4 aromatic heterocycles. The molecule has 0 radical (unpaired) electrons. The zero-order chi connectivity index (χ0) is 25.5. The lowest BCUT2D eigenvalue weighted by molar-refractivity contribution is 0.454. The fourth-order valence-electron chi connectivity index (χ4n) is 4.42. The number of fused-ring (bicyclic) bond motifs is 1. The van der Waals surface area contributed by atoms with Gasteiger partial charge in [0.25, 0.3) is 0 Å². The fraction of sp³-hybridized carbons (Fsp3) is 0.292. The summed E-state index contributed by atoms with van der Waals surface area (Å²) in [6.07, 6.45) is 6.71. The van der Waals surface area contributed by atoms with E-state index in [2.05, 4.69) is 37.1 Å². The van der Waals surface area contributed by atoms with Crippen molar-refractivity contribution in [1.82, 2.24) is 29.5 Å². The van der Waals surface area contributed by atoms with E-state index in [4.69, 9.17) is 9.98 Å². The number of nitrogens with zero attached hydrogens (tertiary/aromatic N) is 9. The van der Waals surface area contributed by atoms with Gasteiger partial charge in [0.15, 0.2) is 17.0 Å². The zero-order valence-electron chi connectivity index (χ0n) is 19.6. The van der Waals surface area contributed by atoms with Gasteiger partial charge < -0.3 is 19.9 Å². The van der Waals surface area contributed by atoms with Gasteiger partial charge in [-0.25, -0.2) is 14.8 Å². The maximum absolute atomic E-state index is 11.6. The highest BCUT2D eigenvalue weighted by Crippen LogP contribution is 2.24. The van der Waals surface area contributed by atoms with Crippen LogP contribution >= 0.6 is 0 Å². The highest BCUT2D eigenvalue weighted by atomic mass is 16.3. The van der Waals surface area contributed by atoms with Gasteiger partial charge in [-0.2, -0.15) is 20.1 Å². The number of pyridine rings is 1. The summed E-state index contributed by atoms with van der Waals surface area (Å²) in [4.78, 5) is 34.5. The van der Waals surface area contributed by atoms with Gasteiger partial charge in [-0.3, -0.25) is 9.98 Å². The van der Waals surface area contributed by atoms with Crippen molar-refractivity contribution in [3.05, 3.63) is 62.5 Å². The van der Waals surface area contributed by atoms with Gasteiger partial charge in [0.05, 0.1) is 17.8 Å². The standard InChI is InChI=1S/C24H21N11O2/c25-11-14-2-1-5-27-19(14)33-6-8-34(9-7-33)21-17(12-26)22(29-16-3-4-16)35-20(31-21)15(13-28-35)10-18-23(36)32-24(37)30-18/h1-2,5,10,13,16,36H,3-4,6-9H2,(H2,30,32,37)/b15-10-,29-22?. The van der Waals surface area contributed by atoms with Crippen molar-refractivity contribution >= 4 is 23.4 Å². The monoisotopic (exact) mass is 495 g/mol. The van der Waals surface area contributed by atoms with Gasteiger partial charge in [-0.05, 0) is 31.1 Å². The van der Waals surface area contributed by atoms with Crippen LogP contribution in [0.3, 0.4) is 0 Å². The Morgan fingerprint density at radius 3 is 2.51 bits per heavy atom. The minimum atomic E-state index is -0.532. The predicted octanol–water partition coefficient (Wildman–Crippen LogP) is -0.473. The topological polar surface area (TPSA) is 178 Å². The molecular weight excluding hydrogens is 474 g/mol. The van der Waals surface area contributed by atoms with Gasteiger partial charge >= 0.3 is 5.69 Å². The van der Waals surface area contributed by atoms with E-state index < -0.39 is 5.69 Å². The Kier molecular flexibility index (Phi) is 5.31. The van der Waals surface area contributed by atoms with Crippen LogP contribution in [-0.2, 0) is 0 Å². The Morgan fingerprint density at radius 2 is 1.86 bits per heavy atom. The molecule has 6 rings (SSSR count). The van der Waals surface area contributed by atoms with Crippen LogP contribution in [0.4, 0.5) is 11.6 Å². The first-order chi connectivity index (χ1) is 18.1. The lowest BCUT2D eigenvalue weighted by atomic mass is 10.2. The number of anilines is 2. The first-order valence-corrected chi connectivity index (χ1v) is 11.8. The second kappa shape index (κ2) is 8.80. The lowest BCUT2D eigenvalue weighted by Crippen LogP contribution is -2.48. The Hall–Kier alpha value is -5.17. The second-order valence-corrected chi connectivity index (χ2v) is 8.89. The van der Waals surface area contributed by atoms with E-state index in [1.807, 2.05) is 4.90 Å². The number of rotatable bonds is 4. The first-order valence-electron chi connectivity index (χ1n) is 11.8. The highest BCUT2D eigenvalue weighted by molar-refractivity contribution is 5.63. The second-order valence-electron chi connectivity index (χ2n) is 8.89. The largest absolute Gasteiger partial charge is 0.493 e. The molecule has 1 aliphatic carbocycles. The van der Waals surface area contributed by atoms with Crippen LogP contribution in [-0.4, -0.2) is 66.9 Å². The lowest BCUT2D eigenvalue weighted by Gasteiger charge is -2.36. The van der Waals surface area contributed by atoms with Crippen LogP contribution in [0.25, 0.3) is 11.7 Å². The molecule has 13 heteroatoms. The van der Waals surface area contributed by atoms with Gasteiger partial charge in [0.1, 0.15) is 29.2 Å². The van der Waals surface area contributed by atoms with Crippen LogP contribution in [0.1, 0.15) is 29.7 Å². The van der Waals surface area contributed by atoms with E-state index in [-0.39, 0.29) is 17.6 Å². The Morgan fingerprint density at radius 1 is 1.11 bits per heavy atom. The third kappa shape index (κ3) is 4.02. The van der Waals surface area contributed by atoms with Crippen molar-refractivity contribution < 1.29 is 5.11 Å². The zero-order valence-corrected chi connectivity index (χ0v) is 19.6. The molecule has 13 nitrogen and oxygen atoms in total. The van der Waals surface area contributed by atoms with Crippen LogP contribution < -0.4 is 26.2 Å². The summed E-state index contributed by atoms with van der Waals surface area (Å²) in [7, 11) is 0. The first kappa shape index (κ1) is 22.3. The van der Waals surface area contributed by atoms with E-state index in [0.717, 1.165) is 12.8 Å². The predicted molar refractivity (Wildman–Crippen MR) is 132 cm³/mol.